The van der Waals surface area contributed by atoms with Gasteiger partial charge in [0.15, 0.2) is 0 Å². The van der Waals surface area contributed by atoms with E-state index < -0.39 is 5.97 Å². The molecule has 2 fully saturated rings. The van der Waals surface area contributed by atoms with Gasteiger partial charge < -0.3 is 14.9 Å². The minimum atomic E-state index is -0.805. The fraction of sp³-hybridized carbons (Fsp3) is 0.526. The Kier molecular flexibility index (Phi) is 5.54. The van der Waals surface area contributed by atoms with Gasteiger partial charge in [0.05, 0.1) is 11.8 Å². The summed E-state index contributed by atoms with van der Waals surface area (Å²) in [6.45, 7) is 1.79. The predicted molar refractivity (Wildman–Crippen MR) is 91.7 cm³/mol. The highest BCUT2D eigenvalue weighted by Gasteiger charge is 2.37. The molecule has 1 N–H and O–H groups in total. The second-order valence-corrected chi connectivity index (χ2v) is 7.06. The summed E-state index contributed by atoms with van der Waals surface area (Å²) < 4.78 is 12.9. The van der Waals surface area contributed by atoms with Crippen molar-refractivity contribution in [2.45, 2.75) is 25.7 Å². The summed E-state index contributed by atoms with van der Waals surface area (Å²) >= 11 is 0. The van der Waals surface area contributed by atoms with Crippen LogP contribution in [-0.4, -0.2) is 58.9 Å². The molecule has 2 aliphatic rings. The minimum Gasteiger partial charge on any atom is -0.481 e. The topological polar surface area (TPSA) is 77.9 Å². The highest BCUT2D eigenvalue weighted by atomic mass is 19.1. The van der Waals surface area contributed by atoms with Crippen LogP contribution in [0.5, 0.6) is 0 Å². The van der Waals surface area contributed by atoms with Crippen LogP contribution in [0.25, 0.3) is 0 Å². The van der Waals surface area contributed by atoms with Crippen molar-refractivity contribution >= 4 is 17.8 Å². The first-order chi connectivity index (χ1) is 12.4. The van der Waals surface area contributed by atoms with Gasteiger partial charge in [-0.2, -0.15) is 0 Å². The van der Waals surface area contributed by atoms with Crippen molar-refractivity contribution in [3.8, 4) is 0 Å². The molecule has 2 heterocycles. The molecule has 6 nitrogen and oxygen atoms in total. The molecule has 3 rings (SSSR count). The van der Waals surface area contributed by atoms with E-state index in [9.17, 15) is 18.8 Å². The van der Waals surface area contributed by atoms with E-state index in [1.54, 1.807) is 21.9 Å². The molecular weight excluding hydrogens is 339 g/mol. The van der Waals surface area contributed by atoms with Crippen LogP contribution in [0.15, 0.2) is 24.3 Å². The average Bonchev–Trinajstić information content (AvgIpc) is 3.01. The number of hydrogen-bond acceptors (Lipinski definition) is 3. The van der Waals surface area contributed by atoms with Crippen LogP contribution >= 0.6 is 0 Å². The lowest BCUT2D eigenvalue weighted by Crippen LogP contribution is -2.43. The van der Waals surface area contributed by atoms with Gasteiger partial charge in [0.1, 0.15) is 5.82 Å². The van der Waals surface area contributed by atoms with E-state index >= 15 is 0 Å². The number of piperidine rings is 1. The van der Waals surface area contributed by atoms with Gasteiger partial charge in [-0.25, -0.2) is 4.39 Å². The Morgan fingerprint density at radius 3 is 2.38 bits per heavy atom. The zero-order valence-electron chi connectivity index (χ0n) is 14.6. The Morgan fingerprint density at radius 2 is 1.77 bits per heavy atom. The lowest BCUT2D eigenvalue weighted by Gasteiger charge is -2.31. The molecule has 26 heavy (non-hydrogen) atoms. The van der Waals surface area contributed by atoms with Crippen molar-refractivity contribution in [2.75, 3.05) is 26.2 Å². The molecule has 140 valence electrons. The maximum Gasteiger partial charge on any atom is 0.306 e. The third-order valence-electron chi connectivity index (χ3n) is 5.30. The van der Waals surface area contributed by atoms with Crippen molar-refractivity contribution in [1.29, 1.82) is 0 Å². The van der Waals surface area contributed by atoms with Gasteiger partial charge in [0.25, 0.3) is 0 Å². The molecule has 2 amide bonds. The quantitative estimate of drug-likeness (QED) is 0.862. The van der Waals surface area contributed by atoms with E-state index in [0.717, 1.165) is 5.56 Å². The minimum absolute atomic E-state index is 0.0362. The number of carboxylic acid groups (broad SMARTS) is 1. The Hall–Kier alpha value is -2.44. The second kappa shape index (κ2) is 7.85. The maximum absolute atomic E-state index is 12.9. The normalized spacial score (nSPS) is 21.3. The van der Waals surface area contributed by atoms with Crippen LogP contribution in [-0.2, 0) is 20.8 Å². The number of amides is 2. The molecule has 0 unspecified atom stereocenters. The second-order valence-electron chi connectivity index (χ2n) is 7.06. The summed E-state index contributed by atoms with van der Waals surface area (Å²) in [5.41, 5.74) is 0.949. The number of carboxylic acids is 1. The number of hydrogen-bond donors (Lipinski definition) is 1. The van der Waals surface area contributed by atoms with Crippen LogP contribution in [0, 0.1) is 17.7 Å². The molecule has 0 aliphatic carbocycles. The van der Waals surface area contributed by atoms with Gasteiger partial charge in [-0.3, -0.25) is 14.4 Å². The van der Waals surface area contributed by atoms with Gasteiger partial charge in [-0.05, 0) is 37.0 Å². The lowest BCUT2D eigenvalue weighted by molar-refractivity contribution is -0.146. The van der Waals surface area contributed by atoms with Crippen molar-refractivity contribution in [3.63, 3.8) is 0 Å². The molecule has 0 radical (unpaired) electrons. The molecular formula is C19H23FN2O4. The average molecular weight is 362 g/mol. The van der Waals surface area contributed by atoms with Gasteiger partial charge in [0, 0.05) is 32.6 Å². The SMILES string of the molecule is O=C(O)C1CCN(C(=O)[C@H]2CC(=O)N(CCc3ccc(F)cc3)C2)CC1. The van der Waals surface area contributed by atoms with Gasteiger partial charge in [-0.15, -0.1) is 0 Å². The van der Waals surface area contributed by atoms with Crippen LogP contribution in [0.2, 0.25) is 0 Å². The van der Waals surface area contributed by atoms with Crippen LogP contribution in [0.3, 0.4) is 0 Å². The first-order valence-corrected chi connectivity index (χ1v) is 8.98. The largest absolute Gasteiger partial charge is 0.481 e. The number of benzene rings is 1. The van der Waals surface area contributed by atoms with Gasteiger partial charge >= 0.3 is 5.97 Å². The number of nitrogens with zero attached hydrogens (tertiary/aromatic N) is 2. The van der Waals surface area contributed by atoms with Crippen LogP contribution < -0.4 is 0 Å². The van der Waals surface area contributed by atoms with Crippen molar-refractivity contribution in [3.05, 3.63) is 35.6 Å². The summed E-state index contributed by atoms with van der Waals surface area (Å²) in [7, 11) is 0. The van der Waals surface area contributed by atoms with Crippen molar-refractivity contribution < 1.29 is 23.9 Å². The lowest BCUT2D eigenvalue weighted by atomic mass is 9.95. The first-order valence-electron chi connectivity index (χ1n) is 8.98. The highest BCUT2D eigenvalue weighted by Crippen LogP contribution is 2.24. The fourth-order valence-electron chi connectivity index (χ4n) is 3.67. The van der Waals surface area contributed by atoms with E-state index in [4.69, 9.17) is 5.11 Å². The Bertz CT molecular complexity index is 683. The summed E-state index contributed by atoms with van der Waals surface area (Å²) in [6.07, 6.45) is 1.77. The Morgan fingerprint density at radius 1 is 1.12 bits per heavy atom. The number of aliphatic carboxylic acids is 1. The maximum atomic E-state index is 12.9. The van der Waals surface area contributed by atoms with E-state index in [1.807, 2.05) is 0 Å². The smallest absolute Gasteiger partial charge is 0.306 e. The van der Waals surface area contributed by atoms with E-state index in [2.05, 4.69) is 0 Å². The van der Waals surface area contributed by atoms with Gasteiger partial charge in [0.2, 0.25) is 11.8 Å². The van der Waals surface area contributed by atoms with Crippen LogP contribution in [0.4, 0.5) is 4.39 Å². The monoisotopic (exact) mass is 362 g/mol. The third kappa shape index (κ3) is 4.20. The highest BCUT2D eigenvalue weighted by molar-refractivity contribution is 5.89. The van der Waals surface area contributed by atoms with Crippen LogP contribution in [0.1, 0.15) is 24.8 Å². The van der Waals surface area contributed by atoms with Crippen molar-refractivity contribution in [1.82, 2.24) is 9.80 Å². The molecule has 1 aromatic rings. The summed E-state index contributed by atoms with van der Waals surface area (Å²) in [6, 6.07) is 6.19. The fourth-order valence-corrected chi connectivity index (χ4v) is 3.67. The molecule has 2 saturated heterocycles. The molecule has 1 aromatic carbocycles. The molecule has 1 atom stereocenters. The van der Waals surface area contributed by atoms with Gasteiger partial charge in [-0.1, -0.05) is 12.1 Å². The molecule has 2 aliphatic heterocycles. The number of carbonyl (C=O) groups is 3. The summed E-state index contributed by atoms with van der Waals surface area (Å²) in [5.74, 6) is -1.91. The summed E-state index contributed by atoms with van der Waals surface area (Å²) in [4.78, 5) is 39.2. The number of halogens is 1. The zero-order valence-corrected chi connectivity index (χ0v) is 14.6. The molecule has 0 bridgehead atoms. The third-order valence-corrected chi connectivity index (χ3v) is 5.30. The molecule has 0 aromatic heterocycles. The molecule has 0 saturated carbocycles. The zero-order chi connectivity index (χ0) is 18.7. The predicted octanol–water partition coefficient (Wildman–Crippen LogP) is 1.54. The Balaban J connectivity index is 1.50. The number of likely N-dealkylation sites (tertiary alicyclic amines) is 2. The Labute approximate surface area is 151 Å². The summed E-state index contributed by atoms with van der Waals surface area (Å²) in [5, 5.41) is 9.04. The molecule has 0 spiro atoms. The standard InChI is InChI=1S/C19H23FN2O4/c20-16-3-1-13(2-4-16)5-8-22-12-15(11-17(22)23)18(24)21-9-6-14(7-10-21)19(25)26/h1-4,14-15H,5-12H2,(H,25,26)/t15-/m0/s1. The van der Waals surface area contributed by atoms with E-state index in [0.29, 0.717) is 45.4 Å². The molecule has 7 heteroatoms. The van der Waals surface area contributed by atoms with E-state index in [-0.39, 0.29) is 35.9 Å². The number of carbonyl (C=O) groups excluding carboxylic acids is 2. The van der Waals surface area contributed by atoms with E-state index in [1.165, 1.54) is 12.1 Å². The first kappa shape index (κ1) is 18.4. The number of rotatable bonds is 5. The van der Waals surface area contributed by atoms with Crippen molar-refractivity contribution in [2.24, 2.45) is 11.8 Å².